The molecule has 0 aromatic carbocycles. The minimum absolute atomic E-state index is 0.0314. The topological polar surface area (TPSA) is 88.0 Å². The van der Waals surface area contributed by atoms with Crippen molar-refractivity contribution in [1.82, 2.24) is 5.32 Å². The summed E-state index contributed by atoms with van der Waals surface area (Å²) in [7, 11) is 1.86. The summed E-state index contributed by atoms with van der Waals surface area (Å²) in [6.07, 6.45) is 35.5. The van der Waals surface area contributed by atoms with Crippen LogP contribution in [0.1, 0.15) is 194 Å². The molecule has 3 atom stereocenters. The first-order valence-electron chi connectivity index (χ1n) is 20.4. The number of phosphoric ester groups is 1. The molecule has 0 heterocycles. The van der Waals surface area contributed by atoms with Crippen LogP contribution in [0.2, 0.25) is 0 Å². The van der Waals surface area contributed by atoms with Crippen molar-refractivity contribution in [3.63, 3.8) is 0 Å². The van der Waals surface area contributed by atoms with Gasteiger partial charge < -0.3 is 19.8 Å². The van der Waals surface area contributed by atoms with Gasteiger partial charge in [-0.3, -0.25) is 9.05 Å². The molecule has 0 amide bonds. The Kier molecular flexibility index (Phi) is 33.1. The molecule has 8 heteroatoms. The Balaban J connectivity index is 4.26. The monoisotopic (exact) mass is 692 g/mol. The van der Waals surface area contributed by atoms with E-state index in [1.807, 2.05) is 21.1 Å². The van der Waals surface area contributed by atoms with Crippen molar-refractivity contribution < 1.29 is 28.1 Å². The average Bonchev–Trinajstić information content (AvgIpc) is 3.01. The lowest BCUT2D eigenvalue weighted by Gasteiger charge is -2.26. The Morgan fingerprint density at radius 2 is 0.936 bits per heavy atom. The van der Waals surface area contributed by atoms with Gasteiger partial charge in [-0.05, 0) is 19.4 Å². The van der Waals surface area contributed by atoms with Crippen molar-refractivity contribution in [2.75, 3.05) is 47.4 Å². The third kappa shape index (κ3) is 35.6. The predicted octanol–water partition coefficient (Wildman–Crippen LogP) is 11.1. The number of aliphatic hydroxyl groups excluding tert-OH is 1. The summed E-state index contributed by atoms with van der Waals surface area (Å²) in [6.45, 7) is 6.05. The van der Waals surface area contributed by atoms with Gasteiger partial charge in [-0.1, -0.05) is 181 Å². The van der Waals surface area contributed by atoms with Crippen LogP contribution in [-0.2, 0) is 13.6 Å². The molecule has 0 saturated carbocycles. The van der Waals surface area contributed by atoms with Crippen molar-refractivity contribution in [2.45, 2.75) is 206 Å². The highest BCUT2D eigenvalue weighted by atomic mass is 31.2. The van der Waals surface area contributed by atoms with Gasteiger partial charge in [0.25, 0.3) is 0 Å². The molecule has 0 saturated heterocycles. The van der Waals surface area contributed by atoms with Gasteiger partial charge in [-0.15, -0.1) is 0 Å². The van der Waals surface area contributed by atoms with E-state index in [2.05, 4.69) is 19.2 Å². The number of phosphoric acid groups is 1. The molecule has 0 aromatic heterocycles. The van der Waals surface area contributed by atoms with Crippen LogP contribution in [0.15, 0.2) is 0 Å². The second kappa shape index (κ2) is 33.2. The van der Waals surface area contributed by atoms with Gasteiger partial charge in [0.15, 0.2) is 0 Å². The van der Waals surface area contributed by atoms with Gasteiger partial charge in [0.1, 0.15) is 13.2 Å². The Morgan fingerprint density at radius 3 is 1.32 bits per heavy atom. The number of nitrogens with one attached hydrogen (secondary N) is 1. The van der Waals surface area contributed by atoms with Gasteiger partial charge in [0.05, 0.1) is 39.9 Å². The van der Waals surface area contributed by atoms with Crippen molar-refractivity contribution >= 4 is 7.82 Å². The molecule has 47 heavy (non-hydrogen) atoms. The third-order valence-corrected chi connectivity index (χ3v) is 10.4. The van der Waals surface area contributed by atoms with Crippen LogP contribution in [0, 0.1) is 0 Å². The molecule has 1 unspecified atom stereocenters. The minimum atomic E-state index is -4.17. The normalized spacial score (nSPS) is 14.8. The number of likely N-dealkylation sites (N-methyl/N-ethyl adjacent to an activating group) is 1. The van der Waals surface area contributed by atoms with Gasteiger partial charge in [-0.2, -0.15) is 0 Å². The second-order valence-electron chi connectivity index (χ2n) is 15.4. The van der Waals surface area contributed by atoms with Crippen molar-refractivity contribution in [1.29, 1.82) is 0 Å². The van der Waals surface area contributed by atoms with Crippen LogP contribution in [0.25, 0.3) is 0 Å². The molecule has 7 nitrogen and oxygen atoms in total. The Bertz CT molecular complexity index is 691. The van der Waals surface area contributed by atoms with E-state index in [9.17, 15) is 14.6 Å². The third-order valence-electron chi connectivity index (χ3n) is 9.44. The maximum Gasteiger partial charge on any atom is 0.472 e. The summed E-state index contributed by atoms with van der Waals surface area (Å²) in [4.78, 5) is 10.2. The number of rotatable bonds is 38. The maximum absolute atomic E-state index is 12.5. The number of quaternary nitrogens is 1. The van der Waals surface area contributed by atoms with Gasteiger partial charge in [0, 0.05) is 0 Å². The molecule has 0 aliphatic heterocycles. The summed E-state index contributed by atoms with van der Waals surface area (Å²) in [5, 5.41) is 14.5. The Morgan fingerprint density at radius 1 is 0.574 bits per heavy atom. The highest BCUT2D eigenvalue weighted by Crippen LogP contribution is 2.43. The van der Waals surface area contributed by atoms with Crippen LogP contribution in [0.3, 0.4) is 0 Å². The highest BCUT2D eigenvalue weighted by Gasteiger charge is 2.27. The lowest BCUT2D eigenvalue weighted by atomic mass is 10.0. The largest absolute Gasteiger partial charge is 0.472 e. The van der Waals surface area contributed by atoms with E-state index in [1.165, 1.54) is 154 Å². The van der Waals surface area contributed by atoms with E-state index >= 15 is 0 Å². The molecule has 0 aliphatic carbocycles. The lowest BCUT2D eigenvalue weighted by Crippen LogP contribution is -2.43. The summed E-state index contributed by atoms with van der Waals surface area (Å²) < 4.78 is 23.8. The van der Waals surface area contributed by atoms with Crippen LogP contribution >= 0.6 is 7.82 Å². The number of unbranched alkanes of at least 4 members (excludes halogenated alkanes) is 25. The van der Waals surface area contributed by atoms with Gasteiger partial charge in [-0.25, -0.2) is 4.57 Å². The molecular formula is C39H84N2O5P+. The average molecular weight is 692 g/mol. The fourth-order valence-electron chi connectivity index (χ4n) is 6.13. The van der Waals surface area contributed by atoms with E-state index in [4.69, 9.17) is 9.05 Å². The summed E-state index contributed by atoms with van der Waals surface area (Å²) >= 11 is 0. The van der Waals surface area contributed by atoms with Gasteiger partial charge in [0.2, 0.25) is 0 Å². The van der Waals surface area contributed by atoms with E-state index < -0.39 is 13.9 Å². The van der Waals surface area contributed by atoms with Crippen LogP contribution in [0.5, 0.6) is 0 Å². The molecule has 0 radical (unpaired) electrons. The molecule has 0 rings (SSSR count). The van der Waals surface area contributed by atoms with E-state index in [-0.39, 0.29) is 19.3 Å². The second-order valence-corrected chi connectivity index (χ2v) is 16.8. The fourth-order valence-corrected chi connectivity index (χ4v) is 6.86. The molecule has 0 bridgehead atoms. The first-order valence-corrected chi connectivity index (χ1v) is 21.9. The Hall–Kier alpha value is -0.0100. The molecular weight excluding hydrogens is 607 g/mol. The van der Waals surface area contributed by atoms with Crippen LogP contribution < -0.4 is 5.32 Å². The standard InChI is InChI=1S/C39H83N2O5P/c1-6-8-10-12-14-16-18-20-22-24-26-28-30-32-34-40-38(37-46-47(43,44)45-36-35-41(3,4)5)39(42)33-31-29-27-25-23-21-19-17-15-13-11-9-7-2/h38-40,42H,6-37H2,1-5H3/p+1/t38-,39+/m1/s1. The number of nitrogens with zero attached hydrogens (tertiary/aromatic N) is 1. The number of aliphatic hydroxyl groups is 1. The fraction of sp³-hybridized carbons (Fsp3) is 1.00. The van der Waals surface area contributed by atoms with Gasteiger partial charge >= 0.3 is 7.82 Å². The van der Waals surface area contributed by atoms with Crippen molar-refractivity contribution in [3.8, 4) is 0 Å². The molecule has 0 aromatic rings. The first kappa shape index (κ1) is 47.0. The zero-order valence-electron chi connectivity index (χ0n) is 32.3. The molecule has 284 valence electrons. The number of hydrogen-bond acceptors (Lipinski definition) is 5. The van der Waals surface area contributed by atoms with Crippen molar-refractivity contribution in [2.24, 2.45) is 0 Å². The number of hydrogen-bond donors (Lipinski definition) is 3. The quantitative estimate of drug-likeness (QED) is 0.0339. The highest BCUT2D eigenvalue weighted by molar-refractivity contribution is 7.47. The smallest absolute Gasteiger partial charge is 0.391 e. The van der Waals surface area contributed by atoms with Crippen molar-refractivity contribution in [3.05, 3.63) is 0 Å². The van der Waals surface area contributed by atoms with Crippen LogP contribution in [0.4, 0.5) is 0 Å². The van der Waals surface area contributed by atoms with Crippen LogP contribution in [-0.4, -0.2) is 74.1 Å². The molecule has 0 aliphatic rings. The maximum atomic E-state index is 12.5. The zero-order chi connectivity index (χ0) is 34.9. The minimum Gasteiger partial charge on any atom is -0.391 e. The predicted molar refractivity (Wildman–Crippen MR) is 203 cm³/mol. The summed E-state index contributed by atoms with van der Waals surface area (Å²) in [5.41, 5.74) is 0. The molecule has 0 spiro atoms. The zero-order valence-corrected chi connectivity index (χ0v) is 33.2. The van der Waals surface area contributed by atoms with E-state index in [0.29, 0.717) is 17.4 Å². The Labute approximate surface area is 293 Å². The SMILES string of the molecule is CCCCCCCCCCCCCCCCN[C@H](COP(=O)(O)OCC[N+](C)(C)C)[C@@H](O)CCCCCCCCCCCCCCC. The summed E-state index contributed by atoms with van der Waals surface area (Å²) in [5.74, 6) is 0. The molecule has 0 fully saturated rings. The van der Waals surface area contributed by atoms with E-state index in [0.717, 1.165) is 25.8 Å². The first-order chi connectivity index (χ1) is 22.6. The lowest BCUT2D eigenvalue weighted by molar-refractivity contribution is -0.870. The molecule has 3 N–H and O–H groups in total. The van der Waals surface area contributed by atoms with E-state index in [1.54, 1.807) is 0 Å². The summed E-state index contributed by atoms with van der Waals surface area (Å²) in [6, 6.07) is -0.378.